The van der Waals surface area contributed by atoms with E-state index >= 15 is 0 Å². The van der Waals surface area contributed by atoms with Gasteiger partial charge in [0.05, 0.1) is 5.92 Å². The number of carbonyl (C=O) groups excluding carboxylic acids is 4. The molecule has 8 rings (SSSR count). The maximum atomic E-state index is 13.0. The minimum atomic E-state index is -0.606. The molecule has 2 aromatic carbocycles. The number of nitrogens with two attached hydrogens (primary N) is 1. The number of nitrogens with zero attached hydrogens (tertiary/aromatic N) is 6. The molecule has 3 aromatic heterocycles. The summed E-state index contributed by atoms with van der Waals surface area (Å²) in [5.74, 6) is 0.148. The Morgan fingerprint density at radius 1 is 0.983 bits per heavy atom. The number of benzene rings is 2. The van der Waals surface area contributed by atoms with Gasteiger partial charge in [-0.1, -0.05) is 30.3 Å². The van der Waals surface area contributed by atoms with Crippen molar-refractivity contribution in [3.8, 4) is 11.3 Å². The molecule has 59 heavy (non-hydrogen) atoms. The smallest absolute Gasteiger partial charge is 0.275 e. The molecule has 14 nitrogen and oxygen atoms in total. The lowest BCUT2D eigenvalue weighted by Crippen LogP contribution is -2.53. The van der Waals surface area contributed by atoms with Crippen molar-refractivity contribution in [2.45, 2.75) is 70.4 Å². The highest BCUT2D eigenvalue weighted by Gasteiger charge is 2.36. The fourth-order valence-corrected chi connectivity index (χ4v) is 8.74. The number of nitrogens with one attached hydrogen (secondary N) is 3. The summed E-state index contributed by atoms with van der Waals surface area (Å²) in [4.78, 5) is 63.3. The van der Waals surface area contributed by atoms with Gasteiger partial charge < -0.3 is 31.4 Å². The normalized spacial score (nSPS) is 18.0. The van der Waals surface area contributed by atoms with Crippen LogP contribution in [0.1, 0.15) is 86.3 Å². The van der Waals surface area contributed by atoms with Crippen molar-refractivity contribution < 1.29 is 19.2 Å². The minimum Gasteiger partial charge on any atom is -0.369 e. The Kier molecular flexibility index (Phi) is 11.2. The van der Waals surface area contributed by atoms with Gasteiger partial charge in [0, 0.05) is 81.1 Å². The topological polar surface area (TPSA) is 180 Å². The van der Waals surface area contributed by atoms with Crippen LogP contribution >= 0.6 is 0 Å². The second kappa shape index (κ2) is 16.8. The van der Waals surface area contributed by atoms with Crippen molar-refractivity contribution in [1.29, 1.82) is 0 Å². The third kappa shape index (κ3) is 8.17. The first-order valence-corrected chi connectivity index (χ1v) is 20.4. The van der Waals surface area contributed by atoms with Crippen molar-refractivity contribution >= 4 is 47.0 Å². The summed E-state index contributed by atoms with van der Waals surface area (Å²) < 4.78 is 1.80. The van der Waals surface area contributed by atoms with Gasteiger partial charge in [-0.3, -0.25) is 24.3 Å². The van der Waals surface area contributed by atoms with Crippen molar-refractivity contribution in [2.24, 2.45) is 5.73 Å². The highest BCUT2D eigenvalue weighted by atomic mass is 16.2. The molecule has 1 saturated carbocycles. The minimum absolute atomic E-state index is 0.0551. The van der Waals surface area contributed by atoms with E-state index in [2.05, 4.69) is 78.2 Å². The molecule has 2 fully saturated rings. The van der Waals surface area contributed by atoms with E-state index in [0.717, 1.165) is 67.8 Å². The van der Waals surface area contributed by atoms with Crippen LogP contribution < -0.4 is 26.6 Å². The average molecular weight is 795 g/mol. The van der Waals surface area contributed by atoms with Crippen LogP contribution in [0.4, 0.5) is 23.0 Å². The van der Waals surface area contributed by atoms with E-state index in [4.69, 9.17) is 10.8 Å². The van der Waals surface area contributed by atoms with E-state index in [9.17, 15) is 19.2 Å². The molecular weight excluding hydrogens is 745 g/mol. The van der Waals surface area contributed by atoms with Crippen molar-refractivity contribution in [2.75, 3.05) is 48.8 Å². The van der Waals surface area contributed by atoms with Gasteiger partial charge in [-0.2, -0.15) is 5.10 Å². The van der Waals surface area contributed by atoms with Gasteiger partial charge in [0.1, 0.15) is 34.9 Å². The quantitative estimate of drug-likeness (QED) is 0.118. The molecule has 2 aliphatic heterocycles. The van der Waals surface area contributed by atoms with Gasteiger partial charge in [0.15, 0.2) is 0 Å². The zero-order valence-corrected chi connectivity index (χ0v) is 33.7. The van der Waals surface area contributed by atoms with E-state index in [1.54, 1.807) is 37.0 Å². The van der Waals surface area contributed by atoms with Crippen LogP contribution in [0.2, 0.25) is 0 Å². The van der Waals surface area contributed by atoms with Gasteiger partial charge in [-0.15, -0.1) is 0 Å². The van der Waals surface area contributed by atoms with E-state index in [-0.39, 0.29) is 29.0 Å². The Balaban J connectivity index is 0.887. The number of aryl methyl sites for hydroxylation is 4. The van der Waals surface area contributed by atoms with Crippen LogP contribution in [-0.4, -0.2) is 87.9 Å². The average Bonchev–Trinajstić information content (AvgIpc) is 3.49. The molecule has 14 heteroatoms. The second-order valence-corrected chi connectivity index (χ2v) is 15.8. The number of rotatable bonds is 12. The summed E-state index contributed by atoms with van der Waals surface area (Å²) in [6.07, 6.45) is 6.27. The van der Waals surface area contributed by atoms with Crippen LogP contribution in [0.15, 0.2) is 72.9 Å². The second-order valence-electron chi connectivity index (χ2n) is 15.8. The lowest BCUT2D eigenvalue weighted by atomic mass is 9.74. The molecule has 5 heterocycles. The highest BCUT2D eigenvalue weighted by Crippen LogP contribution is 2.41. The number of anilines is 4. The first-order chi connectivity index (χ1) is 28.6. The van der Waals surface area contributed by atoms with Crippen LogP contribution in [0.3, 0.4) is 0 Å². The van der Waals surface area contributed by atoms with Crippen molar-refractivity contribution in [3.63, 3.8) is 0 Å². The number of likely N-dealkylation sites (N-methyl/N-ethyl adjacent to an activating group) is 1. The SMILES string of the molecule is CNC(=O)[C@H](CCC=O)c1ccc(C2CC(N3CCN(c4ccc5c(c4)CCn4nc(-c6cnc(C(=O)Nc7cccc(C)n7)c(C)c6)c(C(N)=O)c4N5)CC3)C2)cc1. The van der Waals surface area contributed by atoms with Gasteiger partial charge in [0.25, 0.3) is 11.8 Å². The number of piperazine rings is 1. The molecule has 304 valence electrons. The molecule has 5 aromatic rings. The Bertz CT molecular complexity index is 2400. The lowest BCUT2D eigenvalue weighted by Gasteiger charge is -2.47. The summed E-state index contributed by atoms with van der Waals surface area (Å²) in [6.45, 7) is 8.08. The summed E-state index contributed by atoms with van der Waals surface area (Å²) >= 11 is 0. The molecule has 0 radical (unpaired) electrons. The molecule has 3 amide bonds. The summed E-state index contributed by atoms with van der Waals surface area (Å²) in [7, 11) is 1.64. The number of amides is 3. The number of fused-ring (bicyclic) bond motifs is 2. The van der Waals surface area contributed by atoms with E-state index in [1.165, 1.54) is 11.3 Å². The van der Waals surface area contributed by atoms with Gasteiger partial charge in [-0.25, -0.2) is 9.67 Å². The monoisotopic (exact) mass is 794 g/mol. The van der Waals surface area contributed by atoms with E-state index < -0.39 is 5.91 Å². The fourth-order valence-electron chi connectivity index (χ4n) is 8.74. The zero-order valence-electron chi connectivity index (χ0n) is 33.7. The molecule has 0 spiro atoms. The largest absolute Gasteiger partial charge is 0.369 e. The Morgan fingerprint density at radius 2 is 1.76 bits per heavy atom. The molecule has 0 bridgehead atoms. The number of hydrogen-bond donors (Lipinski definition) is 4. The van der Waals surface area contributed by atoms with Gasteiger partial charge in [-0.05, 0) is 104 Å². The first kappa shape index (κ1) is 39.4. The van der Waals surface area contributed by atoms with Crippen molar-refractivity contribution in [3.05, 3.63) is 112 Å². The van der Waals surface area contributed by atoms with Crippen LogP contribution in [0.25, 0.3) is 11.3 Å². The van der Waals surface area contributed by atoms with Gasteiger partial charge >= 0.3 is 0 Å². The number of primary amides is 1. The predicted molar refractivity (Wildman–Crippen MR) is 227 cm³/mol. The number of aldehydes is 1. The molecule has 1 saturated heterocycles. The number of aromatic nitrogens is 4. The molecule has 5 N–H and O–H groups in total. The third-order valence-electron chi connectivity index (χ3n) is 12.1. The third-order valence-corrected chi connectivity index (χ3v) is 12.1. The summed E-state index contributed by atoms with van der Waals surface area (Å²) in [6, 6.07) is 22.7. The molecular formula is C45H50N10O4. The maximum Gasteiger partial charge on any atom is 0.275 e. The molecule has 3 aliphatic rings. The Morgan fingerprint density at radius 3 is 2.46 bits per heavy atom. The summed E-state index contributed by atoms with van der Waals surface area (Å²) in [5, 5.41) is 13.9. The molecule has 1 atom stereocenters. The Labute approximate surface area is 343 Å². The molecule has 1 aliphatic carbocycles. The van der Waals surface area contributed by atoms with Crippen molar-refractivity contribution in [1.82, 2.24) is 30.0 Å². The standard InChI is InChI=1S/C45H50N10O4/c1-27-22-33(26-48-40(27)45(59)51-38-8-4-6-28(2)49-38)41-39(42(46)57)43-50-37-14-13-34(23-31(37)15-16-55(43)52-41)53-17-19-54(20-18-53)35-24-32(25-35)29-9-11-30(12-10-29)36(7-5-21-56)44(58)47-3/h4,6,8-14,21-23,26,32,35-36,50H,5,7,15-20,24-25H2,1-3H3,(H2,46,57)(H,47,58)(H,49,51,59)/t32?,35?,36-/m1/s1. The van der Waals surface area contributed by atoms with Crippen LogP contribution in [-0.2, 0) is 22.6 Å². The molecule has 0 unspecified atom stereocenters. The fraction of sp³-hybridized carbons (Fsp3) is 0.356. The van der Waals surface area contributed by atoms with E-state index in [1.807, 2.05) is 19.1 Å². The lowest BCUT2D eigenvalue weighted by molar-refractivity contribution is -0.122. The van der Waals surface area contributed by atoms with Crippen LogP contribution in [0, 0.1) is 13.8 Å². The number of pyridine rings is 2. The zero-order chi connectivity index (χ0) is 41.2. The summed E-state index contributed by atoms with van der Waals surface area (Å²) in [5.41, 5.74) is 14.4. The Hall–Kier alpha value is -6.41. The van der Waals surface area contributed by atoms with Crippen LogP contribution in [0.5, 0.6) is 0 Å². The number of carbonyl (C=O) groups is 4. The maximum absolute atomic E-state index is 13.0. The predicted octanol–water partition coefficient (Wildman–Crippen LogP) is 5.48. The highest BCUT2D eigenvalue weighted by molar-refractivity contribution is 6.06. The van der Waals surface area contributed by atoms with E-state index in [0.29, 0.717) is 66.2 Å². The first-order valence-electron chi connectivity index (χ1n) is 20.4. The van der Waals surface area contributed by atoms with Gasteiger partial charge in [0.2, 0.25) is 5.91 Å². The number of hydrogen-bond acceptors (Lipinski definition) is 10.